The van der Waals surface area contributed by atoms with Crippen LogP contribution in [0, 0.1) is 0 Å². The predicted octanol–water partition coefficient (Wildman–Crippen LogP) is 2.66. The molecule has 0 radical (unpaired) electrons. The molecule has 0 aliphatic rings. The Morgan fingerprint density at radius 3 is 2.50 bits per heavy atom. The van der Waals surface area contributed by atoms with Gasteiger partial charge in [-0.3, -0.25) is 4.57 Å². The third-order valence-corrected chi connectivity index (χ3v) is 3.47. The number of hydrogen-bond donors (Lipinski definition) is 2. The van der Waals surface area contributed by atoms with Crippen LogP contribution >= 0.6 is 0 Å². The van der Waals surface area contributed by atoms with E-state index in [1.165, 1.54) is 5.56 Å². The minimum Gasteiger partial charge on any atom is -0.399 e. The van der Waals surface area contributed by atoms with Crippen LogP contribution in [0.15, 0.2) is 24.3 Å². The molecule has 0 fully saturated rings. The highest BCUT2D eigenvalue weighted by molar-refractivity contribution is 5.40. The van der Waals surface area contributed by atoms with Gasteiger partial charge in [-0.2, -0.15) is 0 Å². The maximum absolute atomic E-state index is 5.73. The number of benzene rings is 1. The first-order valence-electron chi connectivity index (χ1n) is 7.17. The molecular formula is C15H23N5. The highest BCUT2D eigenvalue weighted by Crippen LogP contribution is 2.21. The summed E-state index contributed by atoms with van der Waals surface area (Å²) < 4.78 is 2.14. The molecule has 0 amide bonds. The van der Waals surface area contributed by atoms with Crippen LogP contribution in [-0.4, -0.2) is 21.3 Å². The Hall–Kier alpha value is -2.04. The average molecular weight is 273 g/mol. The van der Waals surface area contributed by atoms with Crippen molar-refractivity contribution in [1.82, 2.24) is 14.8 Å². The molecule has 2 rings (SSSR count). The topological polar surface area (TPSA) is 68.8 Å². The van der Waals surface area contributed by atoms with Crippen molar-refractivity contribution in [3.8, 4) is 0 Å². The summed E-state index contributed by atoms with van der Waals surface area (Å²) >= 11 is 0. The molecular weight excluding hydrogens is 250 g/mol. The molecule has 3 N–H and O–H groups in total. The molecule has 0 aliphatic heterocycles. The van der Waals surface area contributed by atoms with Gasteiger partial charge < -0.3 is 11.1 Å². The molecule has 1 aromatic carbocycles. The number of hydrogen-bond acceptors (Lipinski definition) is 4. The van der Waals surface area contributed by atoms with Crippen molar-refractivity contribution in [3.05, 3.63) is 35.7 Å². The second kappa shape index (κ2) is 6.41. The molecule has 1 unspecified atom stereocenters. The Kier molecular flexibility index (Phi) is 4.61. The first kappa shape index (κ1) is 14.4. The number of nitrogens with one attached hydrogen (secondary N) is 1. The van der Waals surface area contributed by atoms with E-state index in [-0.39, 0.29) is 0 Å². The van der Waals surface area contributed by atoms with Crippen molar-refractivity contribution in [2.45, 2.75) is 39.7 Å². The Morgan fingerprint density at radius 1 is 1.20 bits per heavy atom. The molecule has 1 heterocycles. The Morgan fingerprint density at radius 2 is 1.90 bits per heavy atom. The van der Waals surface area contributed by atoms with Crippen molar-refractivity contribution in [2.24, 2.45) is 0 Å². The first-order chi connectivity index (χ1) is 9.65. The van der Waals surface area contributed by atoms with Gasteiger partial charge in [0.15, 0.2) is 0 Å². The number of rotatable bonds is 6. The second-order valence-corrected chi connectivity index (χ2v) is 4.99. The van der Waals surface area contributed by atoms with Crippen molar-refractivity contribution in [3.63, 3.8) is 0 Å². The van der Waals surface area contributed by atoms with Gasteiger partial charge in [-0.25, -0.2) is 0 Å². The van der Waals surface area contributed by atoms with Crippen molar-refractivity contribution >= 4 is 11.6 Å². The van der Waals surface area contributed by atoms with E-state index in [1.54, 1.807) is 0 Å². The number of nitrogens with zero attached hydrogens (tertiary/aromatic N) is 3. The van der Waals surface area contributed by atoms with E-state index < -0.39 is 0 Å². The monoisotopic (exact) mass is 273 g/mol. The summed E-state index contributed by atoms with van der Waals surface area (Å²) in [5, 5.41) is 11.8. The largest absolute Gasteiger partial charge is 0.399 e. The lowest BCUT2D eigenvalue weighted by molar-refractivity contribution is 0.645. The second-order valence-electron chi connectivity index (χ2n) is 4.99. The number of nitrogens with two attached hydrogens (primary N) is 1. The van der Waals surface area contributed by atoms with Crippen LogP contribution in [0.3, 0.4) is 0 Å². The molecule has 108 valence electrons. The fraction of sp³-hybridized carbons (Fsp3) is 0.467. The van der Waals surface area contributed by atoms with Crippen LogP contribution < -0.4 is 11.1 Å². The van der Waals surface area contributed by atoms with Crippen LogP contribution in [0.1, 0.15) is 38.1 Å². The predicted molar refractivity (Wildman–Crippen MR) is 82.8 cm³/mol. The summed E-state index contributed by atoms with van der Waals surface area (Å²) in [4.78, 5) is 0. The molecule has 0 aliphatic carbocycles. The van der Waals surface area contributed by atoms with Gasteiger partial charge in [-0.05, 0) is 37.5 Å². The van der Waals surface area contributed by atoms with Crippen molar-refractivity contribution < 1.29 is 0 Å². The molecule has 2 aromatic rings. The van der Waals surface area contributed by atoms with Crippen LogP contribution in [0.5, 0.6) is 0 Å². The van der Waals surface area contributed by atoms with Crippen LogP contribution in [0.25, 0.3) is 0 Å². The summed E-state index contributed by atoms with van der Waals surface area (Å²) in [6, 6.07) is 8.05. The zero-order valence-electron chi connectivity index (χ0n) is 12.4. The third kappa shape index (κ3) is 3.10. The van der Waals surface area contributed by atoms with Crippen LogP contribution in [0.4, 0.5) is 11.6 Å². The summed E-state index contributed by atoms with van der Waals surface area (Å²) in [7, 11) is 0. The zero-order valence-corrected chi connectivity index (χ0v) is 12.4. The molecule has 5 heteroatoms. The Labute approximate surface area is 120 Å². The fourth-order valence-electron chi connectivity index (χ4n) is 2.32. The van der Waals surface area contributed by atoms with E-state index >= 15 is 0 Å². The summed E-state index contributed by atoms with van der Waals surface area (Å²) in [5.74, 6) is 2.27. The lowest BCUT2D eigenvalue weighted by Gasteiger charge is -2.13. The molecule has 0 bridgehead atoms. The van der Waals surface area contributed by atoms with Crippen molar-refractivity contribution in [1.29, 1.82) is 0 Å². The maximum Gasteiger partial charge on any atom is 0.224 e. The fourth-order valence-corrected chi connectivity index (χ4v) is 2.32. The molecule has 20 heavy (non-hydrogen) atoms. The molecule has 1 aromatic heterocycles. The van der Waals surface area contributed by atoms with Gasteiger partial charge in [0.05, 0.1) is 0 Å². The molecule has 0 saturated carbocycles. The molecule has 5 nitrogen and oxygen atoms in total. The lowest BCUT2D eigenvalue weighted by Crippen LogP contribution is -2.10. The normalized spacial score (nSPS) is 12.3. The van der Waals surface area contributed by atoms with E-state index in [0.717, 1.165) is 37.0 Å². The summed E-state index contributed by atoms with van der Waals surface area (Å²) in [6.45, 7) is 8.10. The van der Waals surface area contributed by atoms with Crippen molar-refractivity contribution in [2.75, 3.05) is 17.6 Å². The number of anilines is 2. The Balaban J connectivity index is 2.14. The minimum atomic E-state index is 0.388. The third-order valence-electron chi connectivity index (χ3n) is 3.47. The van der Waals surface area contributed by atoms with Crippen LogP contribution in [0.2, 0.25) is 0 Å². The first-order valence-corrected chi connectivity index (χ1v) is 7.17. The summed E-state index contributed by atoms with van der Waals surface area (Å²) in [5.41, 5.74) is 7.80. The zero-order chi connectivity index (χ0) is 14.5. The SMILES string of the molecule is CCNc1nnc(CC(C)c2ccc(N)cc2)n1CC. The average Bonchev–Trinajstić information content (AvgIpc) is 2.82. The highest BCUT2D eigenvalue weighted by Gasteiger charge is 2.14. The molecule has 0 saturated heterocycles. The van der Waals surface area contributed by atoms with Gasteiger partial charge in [-0.15, -0.1) is 10.2 Å². The smallest absolute Gasteiger partial charge is 0.224 e. The van der Waals surface area contributed by atoms with Gasteiger partial charge in [0.25, 0.3) is 0 Å². The van der Waals surface area contributed by atoms with Gasteiger partial charge in [0.2, 0.25) is 5.95 Å². The van der Waals surface area contributed by atoms with E-state index in [9.17, 15) is 0 Å². The molecule has 1 atom stereocenters. The summed E-state index contributed by atoms with van der Waals surface area (Å²) in [6.07, 6.45) is 0.871. The van der Waals surface area contributed by atoms with E-state index in [1.807, 2.05) is 12.1 Å². The highest BCUT2D eigenvalue weighted by atomic mass is 15.3. The van der Waals surface area contributed by atoms with E-state index in [0.29, 0.717) is 5.92 Å². The van der Waals surface area contributed by atoms with Gasteiger partial charge >= 0.3 is 0 Å². The number of nitrogen functional groups attached to an aromatic ring is 1. The molecule has 0 spiro atoms. The van der Waals surface area contributed by atoms with Crippen LogP contribution in [-0.2, 0) is 13.0 Å². The number of aromatic nitrogens is 3. The standard InChI is InChI=1S/C15H23N5/c1-4-17-15-19-18-14(20(15)5-2)10-11(3)12-6-8-13(16)9-7-12/h6-9,11H,4-5,10,16H2,1-3H3,(H,17,19). The van der Waals surface area contributed by atoms with Gasteiger partial charge in [-0.1, -0.05) is 19.1 Å². The van der Waals surface area contributed by atoms with Gasteiger partial charge in [0, 0.05) is 25.2 Å². The quantitative estimate of drug-likeness (QED) is 0.794. The van der Waals surface area contributed by atoms with E-state index in [4.69, 9.17) is 5.73 Å². The lowest BCUT2D eigenvalue weighted by atomic mass is 9.97. The van der Waals surface area contributed by atoms with E-state index in [2.05, 4.69) is 53.0 Å². The van der Waals surface area contributed by atoms with Gasteiger partial charge in [0.1, 0.15) is 5.82 Å². The maximum atomic E-state index is 5.73. The Bertz CT molecular complexity index is 544. The minimum absolute atomic E-state index is 0.388.